The molecule has 3 aromatic rings. The molecule has 0 aliphatic heterocycles. The van der Waals surface area contributed by atoms with Crippen molar-refractivity contribution in [3.8, 4) is 0 Å². The molecule has 0 saturated carbocycles. The minimum absolute atomic E-state index is 0.0995. The van der Waals surface area contributed by atoms with Gasteiger partial charge in [0.2, 0.25) is 5.91 Å². The monoisotopic (exact) mass is 370 g/mol. The first-order valence-corrected chi connectivity index (χ1v) is 8.65. The molecule has 0 fully saturated rings. The fourth-order valence-electron chi connectivity index (χ4n) is 3.10. The van der Waals surface area contributed by atoms with Crippen LogP contribution in [0.5, 0.6) is 0 Å². The Morgan fingerprint density at radius 2 is 2.07 bits per heavy atom. The molecule has 1 amide bonds. The number of hydrogen-bond acceptors (Lipinski definition) is 4. The summed E-state index contributed by atoms with van der Waals surface area (Å²) in [5, 5.41) is 17.1. The number of pyridine rings is 1. The number of benzene rings is 1. The molecule has 1 aromatic carbocycles. The summed E-state index contributed by atoms with van der Waals surface area (Å²) >= 11 is 0. The summed E-state index contributed by atoms with van der Waals surface area (Å²) in [5.74, 6) is 0.0685. The van der Waals surface area contributed by atoms with Crippen molar-refractivity contribution in [3.05, 3.63) is 53.6 Å². The summed E-state index contributed by atoms with van der Waals surface area (Å²) in [7, 11) is 1.60. The Bertz CT molecular complexity index is 1010. The lowest BCUT2D eigenvalue weighted by molar-refractivity contribution is -0.121. The third kappa shape index (κ3) is 3.78. The number of halogens is 1. The Morgan fingerprint density at radius 1 is 1.33 bits per heavy atom. The molecule has 0 spiro atoms. The molecule has 0 aliphatic rings. The molecule has 0 radical (unpaired) electrons. The number of aliphatic hydroxyl groups is 1. The van der Waals surface area contributed by atoms with Crippen LogP contribution in [0.25, 0.3) is 10.9 Å². The molecule has 0 bridgehead atoms. The first-order chi connectivity index (χ1) is 12.7. The molecule has 2 aromatic heterocycles. The Balaban J connectivity index is 2.07. The van der Waals surface area contributed by atoms with E-state index < -0.39 is 11.4 Å². The van der Waals surface area contributed by atoms with E-state index in [2.05, 4.69) is 15.6 Å². The van der Waals surface area contributed by atoms with Crippen LogP contribution in [-0.2, 0) is 16.9 Å². The van der Waals surface area contributed by atoms with Crippen molar-refractivity contribution in [1.29, 1.82) is 0 Å². The van der Waals surface area contributed by atoms with Gasteiger partial charge < -0.3 is 20.3 Å². The lowest BCUT2D eigenvalue weighted by Crippen LogP contribution is -2.23. The highest BCUT2D eigenvalue weighted by molar-refractivity contribution is 5.93. The lowest BCUT2D eigenvalue weighted by Gasteiger charge is -2.24. The number of hydrogen-bond donors (Lipinski definition) is 3. The van der Waals surface area contributed by atoms with Crippen LogP contribution >= 0.6 is 0 Å². The second kappa shape index (κ2) is 7.00. The van der Waals surface area contributed by atoms with Gasteiger partial charge in [0.25, 0.3) is 0 Å². The zero-order valence-electron chi connectivity index (χ0n) is 15.8. The van der Waals surface area contributed by atoms with Gasteiger partial charge >= 0.3 is 0 Å². The second-order valence-corrected chi connectivity index (χ2v) is 7.04. The smallest absolute Gasteiger partial charge is 0.239 e. The number of fused-ring (bicyclic) bond motifs is 1. The number of rotatable bonds is 5. The van der Waals surface area contributed by atoms with Crippen LogP contribution in [0.1, 0.15) is 25.0 Å². The minimum atomic E-state index is -1.23. The number of nitrogens with zero attached hydrogens (tertiary/aromatic N) is 2. The van der Waals surface area contributed by atoms with Crippen LogP contribution in [0.2, 0.25) is 0 Å². The van der Waals surface area contributed by atoms with Gasteiger partial charge in [0, 0.05) is 36.1 Å². The maximum absolute atomic E-state index is 13.9. The lowest BCUT2D eigenvalue weighted by atomic mass is 9.94. The summed E-state index contributed by atoms with van der Waals surface area (Å²) < 4.78 is 15.7. The van der Waals surface area contributed by atoms with Gasteiger partial charge in [-0.3, -0.25) is 4.79 Å². The van der Waals surface area contributed by atoms with Crippen LogP contribution in [0.4, 0.5) is 15.9 Å². The van der Waals surface area contributed by atoms with Crippen molar-refractivity contribution in [1.82, 2.24) is 14.9 Å². The Morgan fingerprint density at radius 3 is 2.74 bits per heavy atom. The molecule has 0 saturated heterocycles. The van der Waals surface area contributed by atoms with Gasteiger partial charge in [-0.1, -0.05) is 0 Å². The maximum atomic E-state index is 13.9. The summed E-state index contributed by atoms with van der Waals surface area (Å²) in [6, 6.07) is 6.44. The number of nitrogens with one attached hydrogen (secondary N) is 2. The van der Waals surface area contributed by atoms with Gasteiger partial charge in [-0.15, -0.1) is 0 Å². The fourth-order valence-corrected chi connectivity index (χ4v) is 3.10. The van der Waals surface area contributed by atoms with Crippen LogP contribution < -0.4 is 10.6 Å². The van der Waals surface area contributed by atoms with E-state index in [0.29, 0.717) is 22.6 Å². The number of amides is 1. The van der Waals surface area contributed by atoms with E-state index in [1.54, 1.807) is 34.0 Å². The normalized spacial score (nSPS) is 11.6. The zero-order chi connectivity index (χ0) is 19.8. The molecule has 0 aliphatic carbocycles. The number of carbonyl (C=O) groups is 1. The third-order valence-corrected chi connectivity index (χ3v) is 4.49. The first-order valence-electron chi connectivity index (χ1n) is 8.65. The van der Waals surface area contributed by atoms with Crippen molar-refractivity contribution in [2.75, 3.05) is 12.4 Å². The number of aromatic nitrogens is 2. The predicted molar refractivity (Wildman–Crippen MR) is 103 cm³/mol. The van der Waals surface area contributed by atoms with Crippen LogP contribution in [0.3, 0.4) is 0 Å². The zero-order valence-corrected chi connectivity index (χ0v) is 15.8. The third-order valence-electron chi connectivity index (χ3n) is 4.49. The Kier molecular flexibility index (Phi) is 4.89. The number of carbonyl (C=O) groups excluding carboxylic acids is 1. The van der Waals surface area contributed by atoms with E-state index in [-0.39, 0.29) is 12.5 Å². The highest BCUT2D eigenvalue weighted by Crippen LogP contribution is 2.35. The van der Waals surface area contributed by atoms with Crippen molar-refractivity contribution in [3.63, 3.8) is 0 Å². The van der Waals surface area contributed by atoms with Crippen molar-refractivity contribution >= 4 is 28.3 Å². The van der Waals surface area contributed by atoms with Gasteiger partial charge in [-0.25, -0.2) is 9.37 Å². The molecular weight excluding hydrogens is 347 g/mol. The van der Waals surface area contributed by atoms with Crippen LogP contribution in [0.15, 0.2) is 36.7 Å². The topological polar surface area (TPSA) is 79.2 Å². The highest BCUT2D eigenvalue weighted by Gasteiger charge is 2.23. The molecule has 6 nitrogen and oxygen atoms in total. The summed E-state index contributed by atoms with van der Waals surface area (Å²) in [4.78, 5) is 16.1. The fraction of sp³-hybridized carbons (Fsp3) is 0.300. The Labute approximate surface area is 157 Å². The van der Waals surface area contributed by atoms with Gasteiger partial charge in [0.1, 0.15) is 18.2 Å². The molecule has 0 unspecified atom stereocenters. The van der Waals surface area contributed by atoms with Gasteiger partial charge in [-0.2, -0.15) is 0 Å². The van der Waals surface area contributed by atoms with E-state index in [4.69, 9.17) is 0 Å². The minimum Gasteiger partial charge on any atom is -0.386 e. The average Bonchev–Trinajstić information content (AvgIpc) is 3.00. The van der Waals surface area contributed by atoms with E-state index in [1.165, 1.54) is 12.1 Å². The Hall–Kier alpha value is -2.93. The van der Waals surface area contributed by atoms with Gasteiger partial charge in [0.05, 0.1) is 11.1 Å². The number of anilines is 2. The molecule has 7 heteroatoms. The van der Waals surface area contributed by atoms with Gasteiger partial charge in [0.15, 0.2) is 0 Å². The number of likely N-dealkylation sites (N-methyl/N-ethyl adjacent to an activating group) is 1. The summed E-state index contributed by atoms with van der Waals surface area (Å²) in [6.45, 7) is 5.20. The van der Waals surface area contributed by atoms with E-state index in [0.717, 1.165) is 10.9 Å². The van der Waals surface area contributed by atoms with E-state index in [9.17, 15) is 14.3 Å². The quantitative estimate of drug-likeness (QED) is 0.644. The summed E-state index contributed by atoms with van der Waals surface area (Å²) in [6.07, 6.45) is 3.47. The molecule has 27 heavy (non-hydrogen) atoms. The SMILES string of the molecule is CNC(=O)Cn1ccc2c(Nc3c(C)cc(F)cc3C(C)(C)O)nccc21. The van der Waals surface area contributed by atoms with Crippen molar-refractivity contribution < 1.29 is 14.3 Å². The maximum Gasteiger partial charge on any atom is 0.239 e. The molecular formula is C20H23FN4O2. The van der Waals surface area contributed by atoms with Crippen LogP contribution in [-0.4, -0.2) is 27.6 Å². The average molecular weight is 370 g/mol. The highest BCUT2D eigenvalue weighted by atomic mass is 19.1. The second-order valence-electron chi connectivity index (χ2n) is 7.04. The first kappa shape index (κ1) is 18.8. The largest absolute Gasteiger partial charge is 0.386 e. The van der Waals surface area contributed by atoms with E-state index >= 15 is 0 Å². The van der Waals surface area contributed by atoms with Gasteiger partial charge in [-0.05, 0) is 50.6 Å². The number of aryl methyl sites for hydroxylation is 1. The standard InChI is InChI=1S/C20H23FN4O2/c1-12-9-13(21)10-15(20(2,3)27)18(12)24-19-14-6-8-25(11-17(26)22-4)16(14)5-7-23-19/h5-10,27H,11H2,1-4H3,(H,22,26)(H,23,24). The van der Waals surface area contributed by atoms with Crippen molar-refractivity contribution in [2.45, 2.75) is 32.9 Å². The predicted octanol–water partition coefficient (Wildman–Crippen LogP) is 3.20. The van der Waals surface area contributed by atoms with Crippen LogP contribution in [0, 0.1) is 12.7 Å². The molecule has 2 heterocycles. The molecule has 0 atom stereocenters. The summed E-state index contributed by atoms with van der Waals surface area (Å²) in [5.41, 5.74) is 1.34. The molecule has 3 rings (SSSR count). The molecule has 142 valence electrons. The van der Waals surface area contributed by atoms with E-state index in [1.807, 2.05) is 22.9 Å². The van der Waals surface area contributed by atoms with Crippen molar-refractivity contribution in [2.24, 2.45) is 0 Å². The molecule has 3 N–H and O–H groups in total.